The number of rotatable bonds is 1. The minimum Gasteiger partial charge on any atom is -0.253 e. The molecule has 0 atom stereocenters. The fourth-order valence-corrected chi connectivity index (χ4v) is 1.20. The van der Waals surface area contributed by atoms with Gasteiger partial charge in [-0.15, -0.1) is 0 Å². The largest absolute Gasteiger partial charge is 0.253 e. The van der Waals surface area contributed by atoms with Crippen molar-refractivity contribution in [2.24, 2.45) is 0 Å². The van der Waals surface area contributed by atoms with Crippen molar-refractivity contribution in [3.05, 3.63) is 41.4 Å². The summed E-state index contributed by atoms with van der Waals surface area (Å²) in [4.78, 5) is 12.1. The molecule has 0 N–H and O–H groups in total. The third-order valence-corrected chi connectivity index (χ3v) is 2.04. The molecule has 0 saturated carbocycles. The second-order valence-electron chi connectivity index (χ2n) is 2.46. The predicted octanol–water partition coefficient (Wildman–Crippen LogP) is 2.30. The van der Waals surface area contributed by atoms with Crippen molar-refractivity contribution in [3.8, 4) is 11.4 Å². The van der Waals surface area contributed by atoms with Gasteiger partial charge in [0.2, 0.25) is 0 Å². The minimum atomic E-state index is 0.836. The second-order valence-corrected chi connectivity index (χ2v) is 3.37. The molecule has 0 aromatic carbocycles. The molecule has 0 radical (unpaired) electrons. The lowest BCUT2D eigenvalue weighted by Crippen LogP contribution is -1.86. The van der Waals surface area contributed by atoms with Crippen LogP contribution < -0.4 is 0 Å². The highest BCUT2D eigenvalue weighted by molar-refractivity contribution is 9.10. The fraction of sp³-hybridized carbons (Fsp3) is 0. The first kappa shape index (κ1) is 8.31. The zero-order chi connectivity index (χ0) is 9.10. The third-order valence-electron chi connectivity index (χ3n) is 1.57. The topological polar surface area (TPSA) is 38.7 Å². The maximum atomic E-state index is 4.21. The molecule has 0 saturated heterocycles. The molecule has 2 aromatic rings. The first-order chi connectivity index (χ1) is 6.36. The van der Waals surface area contributed by atoms with Crippen LogP contribution in [0.3, 0.4) is 0 Å². The van der Waals surface area contributed by atoms with Crippen LogP contribution in [0.25, 0.3) is 11.4 Å². The van der Waals surface area contributed by atoms with Crippen LogP contribution in [0.2, 0.25) is 0 Å². The minimum absolute atomic E-state index is 0.836. The summed E-state index contributed by atoms with van der Waals surface area (Å²) in [7, 11) is 0. The summed E-state index contributed by atoms with van der Waals surface area (Å²) in [5.74, 6) is 0. The van der Waals surface area contributed by atoms with Crippen molar-refractivity contribution in [3.63, 3.8) is 0 Å². The van der Waals surface area contributed by atoms with Crippen LogP contribution in [0.4, 0.5) is 0 Å². The molecule has 0 amide bonds. The van der Waals surface area contributed by atoms with E-state index >= 15 is 0 Å². The van der Waals surface area contributed by atoms with Crippen LogP contribution >= 0.6 is 15.9 Å². The van der Waals surface area contributed by atoms with E-state index in [0.29, 0.717) is 0 Å². The van der Waals surface area contributed by atoms with Gasteiger partial charge < -0.3 is 0 Å². The Hall–Kier alpha value is -1.29. The molecule has 13 heavy (non-hydrogen) atoms. The van der Waals surface area contributed by atoms with E-state index in [2.05, 4.69) is 30.9 Å². The molecule has 0 aliphatic carbocycles. The number of hydrogen-bond acceptors (Lipinski definition) is 3. The van der Waals surface area contributed by atoms with Crippen LogP contribution in [0.5, 0.6) is 0 Å². The molecule has 0 bridgehead atoms. The van der Waals surface area contributed by atoms with Gasteiger partial charge in [-0.05, 0) is 34.1 Å². The highest BCUT2D eigenvalue weighted by Crippen LogP contribution is 2.15. The SMILES string of the molecule is Brc1ccc(-c2ccncn2)nc1. The predicted molar refractivity (Wildman–Crippen MR) is 53.0 cm³/mol. The summed E-state index contributed by atoms with van der Waals surface area (Å²) in [6.07, 6.45) is 4.96. The van der Waals surface area contributed by atoms with E-state index in [4.69, 9.17) is 0 Å². The van der Waals surface area contributed by atoms with Crippen molar-refractivity contribution < 1.29 is 0 Å². The Morgan fingerprint density at radius 1 is 1.00 bits per heavy atom. The highest BCUT2D eigenvalue weighted by Gasteiger charge is 1.98. The molecule has 2 rings (SSSR count). The van der Waals surface area contributed by atoms with Gasteiger partial charge in [0.15, 0.2) is 0 Å². The van der Waals surface area contributed by atoms with Gasteiger partial charge in [0.25, 0.3) is 0 Å². The van der Waals surface area contributed by atoms with Crippen molar-refractivity contribution in [2.45, 2.75) is 0 Å². The van der Waals surface area contributed by atoms with Gasteiger partial charge in [-0.3, -0.25) is 4.98 Å². The fourth-order valence-electron chi connectivity index (χ4n) is 0.970. The molecule has 0 fully saturated rings. The standard InChI is InChI=1S/C9H6BrN3/c10-7-1-2-8(12-5-7)9-3-4-11-6-13-9/h1-6H. The van der Waals surface area contributed by atoms with Gasteiger partial charge in [-0.2, -0.15) is 0 Å². The van der Waals surface area contributed by atoms with Crippen LogP contribution in [0.1, 0.15) is 0 Å². The van der Waals surface area contributed by atoms with E-state index in [1.807, 2.05) is 18.2 Å². The Labute approximate surface area is 84.0 Å². The molecule has 0 unspecified atom stereocenters. The molecular formula is C9H6BrN3. The smallest absolute Gasteiger partial charge is 0.116 e. The van der Waals surface area contributed by atoms with Crippen molar-refractivity contribution >= 4 is 15.9 Å². The normalized spacial score (nSPS) is 9.92. The van der Waals surface area contributed by atoms with E-state index in [1.54, 1.807) is 12.4 Å². The molecule has 3 nitrogen and oxygen atoms in total. The Kier molecular flexibility index (Phi) is 2.31. The monoisotopic (exact) mass is 235 g/mol. The number of pyridine rings is 1. The Morgan fingerprint density at radius 3 is 2.46 bits per heavy atom. The van der Waals surface area contributed by atoms with Gasteiger partial charge in [-0.1, -0.05) is 0 Å². The molecule has 0 aliphatic rings. The summed E-state index contributed by atoms with van der Waals surface area (Å²) in [5.41, 5.74) is 1.69. The van der Waals surface area contributed by atoms with Crippen LogP contribution in [-0.4, -0.2) is 15.0 Å². The average molecular weight is 236 g/mol. The quantitative estimate of drug-likeness (QED) is 0.762. The molecule has 4 heteroatoms. The zero-order valence-corrected chi connectivity index (χ0v) is 8.27. The van der Waals surface area contributed by atoms with Crippen molar-refractivity contribution in [2.75, 3.05) is 0 Å². The van der Waals surface area contributed by atoms with Gasteiger partial charge in [0.1, 0.15) is 6.33 Å². The first-order valence-corrected chi connectivity index (χ1v) is 4.53. The lowest BCUT2D eigenvalue weighted by Gasteiger charge is -1.97. The van der Waals surface area contributed by atoms with Gasteiger partial charge >= 0.3 is 0 Å². The summed E-state index contributed by atoms with van der Waals surface area (Å²) in [5, 5.41) is 0. The van der Waals surface area contributed by atoms with E-state index in [0.717, 1.165) is 15.9 Å². The number of aromatic nitrogens is 3. The Balaban J connectivity index is 2.42. The number of hydrogen-bond donors (Lipinski definition) is 0. The van der Waals surface area contributed by atoms with Gasteiger partial charge in [-0.25, -0.2) is 9.97 Å². The summed E-state index contributed by atoms with van der Waals surface area (Å²) >= 11 is 3.32. The third kappa shape index (κ3) is 1.89. The summed E-state index contributed by atoms with van der Waals surface area (Å²) in [6, 6.07) is 5.67. The van der Waals surface area contributed by atoms with Gasteiger partial charge in [0.05, 0.1) is 11.4 Å². The second kappa shape index (κ2) is 3.62. The van der Waals surface area contributed by atoms with Crippen molar-refractivity contribution in [1.29, 1.82) is 0 Å². The summed E-state index contributed by atoms with van der Waals surface area (Å²) < 4.78 is 0.963. The zero-order valence-electron chi connectivity index (χ0n) is 6.68. The Bertz CT molecular complexity index is 385. The molecule has 64 valence electrons. The maximum absolute atomic E-state index is 4.21. The lowest BCUT2D eigenvalue weighted by atomic mass is 10.3. The van der Waals surface area contributed by atoms with Crippen LogP contribution in [-0.2, 0) is 0 Å². The number of halogens is 1. The number of nitrogens with zero attached hydrogens (tertiary/aromatic N) is 3. The average Bonchev–Trinajstić information content (AvgIpc) is 2.20. The van der Waals surface area contributed by atoms with Crippen molar-refractivity contribution in [1.82, 2.24) is 15.0 Å². The van der Waals surface area contributed by atoms with Crippen LogP contribution in [0, 0.1) is 0 Å². The van der Waals surface area contributed by atoms with E-state index in [9.17, 15) is 0 Å². The molecule has 2 aromatic heterocycles. The molecular weight excluding hydrogens is 230 g/mol. The van der Waals surface area contributed by atoms with E-state index in [1.165, 1.54) is 6.33 Å². The lowest BCUT2D eigenvalue weighted by molar-refractivity contribution is 1.15. The molecule has 0 aliphatic heterocycles. The molecule has 0 spiro atoms. The van der Waals surface area contributed by atoms with Gasteiger partial charge in [0, 0.05) is 16.9 Å². The highest BCUT2D eigenvalue weighted by atomic mass is 79.9. The first-order valence-electron chi connectivity index (χ1n) is 3.74. The van der Waals surface area contributed by atoms with E-state index in [-0.39, 0.29) is 0 Å². The molecule has 2 heterocycles. The summed E-state index contributed by atoms with van der Waals surface area (Å²) in [6.45, 7) is 0. The maximum Gasteiger partial charge on any atom is 0.116 e. The Morgan fingerprint density at radius 2 is 1.85 bits per heavy atom. The van der Waals surface area contributed by atoms with E-state index < -0.39 is 0 Å². The van der Waals surface area contributed by atoms with Crippen LogP contribution in [0.15, 0.2) is 41.4 Å².